The standard InChI is InChI=1S/C15H22N2O3/c1-15(2,7-16(3)4)8-17-13(18)11-9-5-6-10(20-9)12(11)14(17)19/h5-6,9-12H,7-8H2,1-4H3. The lowest BCUT2D eigenvalue weighted by molar-refractivity contribution is -0.144. The molecule has 5 nitrogen and oxygen atoms in total. The van der Waals surface area contributed by atoms with E-state index in [9.17, 15) is 9.59 Å². The van der Waals surface area contributed by atoms with Gasteiger partial charge in [-0.15, -0.1) is 0 Å². The minimum absolute atomic E-state index is 0.0521. The normalized spacial score (nSPS) is 35.5. The van der Waals surface area contributed by atoms with Crippen molar-refractivity contribution in [2.24, 2.45) is 17.3 Å². The average Bonchev–Trinajstić information content (AvgIpc) is 2.97. The van der Waals surface area contributed by atoms with Crippen LogP contribution < -0.4 is 0 Å². The number of fused-ring (bicyclic) bond motifs is 5. The molecule has 3 aliphatic heterocycles. The van der Waals surface area contributed by atoms with E-state index in [0.717, 1.165) is 6.54 Å². The fourth-order valence-electron chi connectivity index (χ4n) is 3.86. The van der Waals surface area contributed by atoms with Gasteiger partial charge in [0.05, 0.1) is 24.0 Å². The van der Waals surface area contributed by atoms with Gasteiger partial charge in [0.2, 0.25) is 11.8 Å². The second-order valence-corrected chi connectivity index (χ2v) is 7.17. The highest BCUT2D eigenvalue weighted by Crippen LogP contribution is 2.45. The number of likely N-dealkylation sites (tertiary alicyclic amines) is 1. The minimum atomic E-state index is -0.285. The minimum Gasteiger partial charge on any atom is -0.365 e. The summed E-state index contributed by atoms with van der Waals surface area (Å²) in [6.45, 7) is 5.49. The topological polar surface area (TPSA) is 49.9 Å². The van der Waals surface area contributed by atoms with Gasteiger partial charge >= 0.3 is 0 Å². The molecule has 0 N–H and O–H groups in total. The van der Waals surface area contributed by atoms with E-state index in [1.54, 1.807) is 0 Å². The Morgan fingerprint density at radius 2 is 1.65 bits per heavy atom. The third kappa shape index (κ3) is 2.00. The fraction of sp³-hybridized carbons (Fsp3) is 0.733. The van der Waals surface area contributed by atoms with E-state index in [1.807, 2.05) is 26.2 Å². The summed E-state index contributed by atoms with van der Waals surface area (Å²) in [4.78, 5) is 28.6. The highest BCUT2D eigenvalue weighted by Gasteiger charge is 2.60. The molecule has 0 radical (unpaired) electrons. The van der Waals surface area contributed by atoms with Gasteiger partial charge in [0.1, 0.15) is 0 Å². The molecular weight excluding hydrogens is 256 g/mol. The van der Waals surface area contributed by atoms with Gasteiger partial charge in [0.15, 0.2) is 0 Å². The summed E-state index contributed by atoms with van der Waals surface area (Å²) in [7, 11) is 4.00. The monoisotopic (exact) mass is 278 g/mol. The first-order chi connectivity index (χ1) is 9.30. The van der Waals surface area contributed by atoms with Gasteiger partial charge < -0.3 is 9.64 Å². The van der Waals surface area contributed by atoms with Crippen molar-refractivity contribution in [1.82, 2.24) is 9.80 Å². The van der Waals surface area contributed by atoms with Crippen LogP contribution in [0.15, 0.2) is 12.2 Å². The maximum Gasteiger partial charge on any atom is 0.236 e. The Bertz CT molecular complexity index is 454. The summed E-state index contributed by atoms with van der Waals surface area (Å²) >= 11 is 0. The fourth-order valence-corrected chi connectivity index (χ4v) is 3.86. The number of imide groups is 1. The maximum atomic E-state index is 12.5. The van der Waals surface area contributed by atoms with Crippen molar-refractivity contribution in [1.29, 1.82) is 0 Å². The van der Waals surface area contributed by atoms with Crippen LogP contribution in [-0.4, -0.2) is 61.0 Å². The van der Waals surface area contributed by atoms with Crippen molar-refractivity contribution in [3.8, 4) is 0 Å². The first kappa shape index (κ1) is 13.8. The number of hydrogen-bond donors (Lipinski definition) is 0. The average molecular weight is 278 g/mol. The van der Waals surface area contributed by atoms with Crippen molar-refractivity contribution in [3.63, 3.8) is 0 Å². The lowest BCUT2D eigenvalue weighted by Gasteiger charge is -2.32. The van der Waals surface area contributed by atoms with Crippen LogP contribution in [0.3, 0.4) is 0 Å². The van der Waals surface area contributed by atoms with Gasteiger partial charge in [-0.1, -0.05) is 26.0 Å². The molecule has 2 saturated heterocycles. The zero-order chi connectivity index (χ0) is 14.7. The second-order valence-electron chi connectivity index (χ2n) is 7.17. The third-order valence-corrected chi connectivity index (χ3v) is 4.33. The zero-order valence-electron chi connectivity index (χ0n) is 12.5. The van der Waals surface area contributed by atoms with E-state index in [2.05, 4.69) is 18.7 Å². The van der Waals surface area contributed by atoms with Crippen LogP contribution in [0, 0.1) is 17.3 Å². The zero-order valence-corrected chi connectivity index (χ0v) is 12.5. The van der Waals surface area contributed by atoms with Crippen LogP contribution in [0.4, 0.5) is 0 Å². The van der Waals surface area contributed by atoms with Crippen molar-refractivity contribution in [2.75, 3.05) is 27.2 Å². The van der Waals surface area contributed by atoms with E-state index in [0.29, 0.717) is 6.54 Å². The Morgan fingerprint density at radius 1 is 1.15 bits per heavy atom. The summed E-state index contributed by atoms with van der Waals surface area (Å²) < 4.78 is 5.64. The van der Waals surface area contributed by atoms with Gasteiger partial charge in [-0.2, -0.15) is 0 Å². The van der Waals surface area contributed by atoms with E-state index >= 15 is 0 Å². The molecule has 3 heterocycles. The molecule has 0 aliphatic carbocycles. The number of hydrogen-bond acceptors (Lipinski definition) is 4. The lowest BCUT2D eigenvalue weighted by atomic mass is 9.85. The molecule has 0 aromatic carbocycles. The predicted octanol–water partition coefficient (Wildman–Crippen LogP) is 0.513. The molecule has 5 heteroatoms. The Morgan fingerprint density at radius 3 is 2.10 bits per heavy atom. The van der Waals surface area contributed by atoms with Crippen LogP contribution in [0.5, 0.6) is 0 Å². The van der Waals surface area contributed by atoms with Gasteiger partial charge in [0, 0.05) is 13.1 Å². The van der Waals surface area contributed by atoms with Crippen LogP contribution >= 0.6 is 0 Å². The van der Waals surface area contributed by atoms with Crippen molar-refractivity contribution in [2.45, 2.75) is 26.1 Å². The highest BCUT2D eigenvalue weighted by molar-refractivity contribution is 6.06. The molecule has 3 rings (SSSR count). The van der Waals surface area contributed by atoms with Gasteiger partial charge in [-0.3, -0.25) is 14.5 Å². The number of nitrogens with zero attached hydrogens (tertiary/aromatic N) is 2. The van der Waals surface area contributed by atoms with Gasteiger partial charge in [0.25, 0.3) is 0 Å². The predicted molar refractivity (Wildman–Crippen MR) is 73.8 cm³/mol. The van der Waals surface area contributed by atoms with Crippen molar-refractivity contribution in [3.05, 3.63) is 12.2 Å². The number of carbonyl (C=O) groups is 2. The first-order valence-electron chi connectivity index (χ1n) is 7.14. The molecule has 2 bridgehead atoms. The van der Waals surface area contributed by atoms with E-state index in [1.165, 1.54) is 4.90 Å². The van der Waals surface area contributed by atoms with Crippen LogP contribution in [-0.2, 0) is 14.3 Å². The molecule has 20 heavy (non-hydrogen) atoms. The Labute approximate surface area is 119 Å². The molecular formula is C15H22N2O3. The largest absolute Gasteiger partial charge is 0.365 e. The smallest absolute Gasteiger partial charge is 0.236 e. The molecule has 0 spiro atoms. The molecule has 0 saturated carbocycles. The maximum absolute atomic E-state index is 12.5. The number of rotatable bonds is 4. The second kappa shape index (κ2) is 4.40. The van der Waals surface area contributed by atoms with Crippen LogP contribution in [0.2, 0.25) is 0 Å². The number of amides is 2. The van der Waals surface area contributed by atoms with E-state index < -0.39 is 0 Å². The Kier molecular flexibility index (Phi) is 3.03. The summed E-state index contributed by atoms with van der Waals surface area (Å²) in [6.07, 6.45) is 3.46. The highest BCUT2D eigenvalue weighted by atomic mass is 16.5. The van der Waals surface area contributed by atoms with Crippen LogP contribution in [0.25, 0.3) is 0 Å². The Balaban J connectivity index is 1.77. The summed E-state index contributed by atoms with van der Waals surface area (Å²) in [5.41, 5.74) is -0.110. The molecule has 0 aromatic rings. The van der Waals surface area contributed by atoms with Crippen LogP contribution in [0.1, 0.15) is 13.8 Å². The summed E-state index contributed by atoms with van der Waals surface area (Å²) in [5, 5.41) is 0. The summed E-state index contributed by atoms with van der Waals surface area (Å²) in [5.74, 6) is -0.673. The van der Waals surface area contributed by atoms with E-state index in [4.69, 9.17) is 4.74 Å². The summed E-state index contributed by atoms with van der Waals surface area (Å²) in [6, 6.07) is 0. The Hall–Kier alpha value is -1.20. The first-order valence-corrected chi connectivity index (χ1v) is 7.14. The molecule has 4 unspecified atom stereocenters. The van der Waals surface area contributed by atoms with Gasteiger partial charge in [-0.25, -0.2) is 0 Å². The molecule has 2 amide bonds. The van der Waals surface area contributed by atoms with E-state index in [-0.39, 0.29) is 41.3 Å². The van der Waals surface area contributed by atoms with Crippen molar-refractivity contribution >= 4 is 11.8 Å². The molecule has 0 aromatic heterocycles. The molecule has 2 fully saturated rings. The SMILES string of the molecule is CN(C)CC(C)(C)CN1C(=O)C2C3C=CC(O3)C2C1=O. The molecule has 110 valence electrons. The van der Waals surface area contributed by atoms with Crippen molar-refractivity contribution < 1.29 is 14.3 Å². The number of ether oxygens (including phenoxy) is 1. The number of carbonyl (C=O) groups excluding carboxylic acids is 2. The molecule has 3 aliphatic rings. The lowest BCUT2D eigenvalue weighted by Crippen LogP contribution is -2.44. The quantitative estimate of drug-likeness (QED) is 0.555. The van der Waals surface area contributed by atoms with Gasteiger partial charge in [-0.05, 0) is 19.5 Å². The molecule has 4 atom stereocenters. The third-order valence-electron chi connectivity index (χ3n) is 4.33.